The quantitative estimate of drug-likeness (QED) is 0.196. The van der Waals surface area contributed by atoms with Crippen LogP contribution >= 0.6 is 0 Å². The van der Waals surface area contributed by atoms with Gasteiger partial charge in [-0.1, -0.05) is 69.0 Å². The van der Waals surface area contributed by atoms with Crippen molar-refractivity contribution in [3.63, 3.8) is 0 Å². The zero-order valence-electron chi connectivity index (χ0n) is 21.2. The Morgan fingerprint density at radius 3 is 2.16 bits per heavy atom. The van der Waals surface area contributed by atoms with Crippen molar-refractivity contribution < 1.29 is 27.4 Å². The van der Waals surface area contributed by atoms with Gasteiger partial charge in [0.15, 0.2) is 17.9 Å². The van der Waals surface area contributed by atoms with Crippen LogP contribution in [0.3, 0.4) is 0 Å². The summed E-state index contributed by atoms with van der Waals surface area (Å²) < 4.78 is 60.4. The molecule has 1 aliphatic rings. The largest absolute Gasteiger partial charge is 0.500 e. The SMILES string of the molecule is [B]COc1ccc(-c2ccc(-c3ccc(C4COC(CCCCCCC)OC4)c(F)c3)cc2)c(F)c1F. The standard InChI is InChI=1S/C30H32BF3O3/c1-2-3-4-5-6-7-28-35-17-23(18-36-28)24-13-12-22(16-26(24)32)20-8-10-21(11-9-20)25-14-15-27(37-19-31)30(34)29(25)33/h8-16,23,28H,2-7,17-19H2,1H3. The molecule has 0 bridgehead atoms. The minimum absolute atomic E-state index is 0.103. The van der Waals surface area contributed by atoms with E-state index in [1.165, 1.54) is 43.9 Å². The number of ether oxygens (including phenoxy) is 3. The van der Waals surface area contributed by atoms with Crippen LogP contribution in [0.25, 0.3) is 22.3 Å². The summed E-state index contributed by atoms with van der Waals surface area (Å²) in [6, 6.07) is 14.8. The first-order valence-electron chi connectivity index (χ1n) is 13.0. The van der Waals surface area contributed by atoms with Crippen molar-refractivity contribution in [3.8, 4) is 28.0 Å². The molecule has 1 heterocycles. The van der Waals surface area contributed by atoms with E-state index in [-0.39, 0.29) is 35.8 Å². The fourth-order valence-electron chi connectivity index (χ4n) is 4.64. The number of unbranched alkanes of at least 4 members (excludes halogenated alkanes) is 4. The highest BCUT2D eigenvalue weighted by molar-refractivity contribution is 6.08. The molecule has 37 heavy (non-hydrogen) atoms. The fraction of sp³-hybridized carbons (Fsp3) is 0.400. The van der Waals surface area contributed by atoms with E-state index >= 15 is 4.39 Å². The van der Waals surface area contributed by atoms with Gasteiger partial charge in [0.05, 0.1) is 13.2 Å². The van der Waals surface area contributed by atoms with Crippen molar-refractivity contribution in [2.45, 2.75) is 57.7 Å². The molecule has 4 rings (SSSR count). The Bertz CT molecular complexity index is 1160. The van der Waals surface area contributed by atoms with Crippen molar-refractivity contribution in [1.29, 1.82) is 0 Å². The van der Waals surface area contributed by atoms with Crippen LogP contribution in [0, 0.1) is 17.5 Å². The third-order valence-corrected chi connectivity index (χ3v) is 6.77. The summed E-state index contributed by atoms with van der Waals surface area (Å²) in [6.07, 6.45) is 6.63. The second-order valence-corrected chi connectivity index (χ2v) is 9.36. The van der Waals surface area contributed by atoms with Gasteiger partial charge in [0, 0.05) is 18.0 Å². The maximum Gasteiger partial charge on any atom is 0.201 e. The van der Waals surface area contributed by atoms with E-state index in [2.05, 4.69) is 6.92 Å². The Morgan fingerprint density at radius 2 is 1.49 bits per heavy atom. The minimum Gasteiger partial charge on any atom is -0.500 e. The van der Waals surface area contributed by atoms with E-state index in [1.807, 2.05) is 6.07 Å². The Labute approximate surface area is 218 Å². The Kier molecular flexibility index (Phi) is 9.70. The average Bonchev–Trinajstić information content (AvgIpc) is 2.92. The first kappa shape index (κ1) is 27.3. The van der Waals surface area contributed by atoms with Gasteiger partial charge < -0.3 is 14.2 Å². The van der Waals surface area contributed by atoms with Gasteiger partial charge in [-0.15, -0.1) is 0 Å². The third-order valence-electron chi connectivity index (χ3n) is 6.77. The summed E-state index contributed by atoms with van der Waals surface area (Å²) in [7, 11) is 5.25. The molecule has 7 heteroatoms. The highest BCUT2D eigenvalue weighted by Gasteiger charge is 2.25. The van der Waals surface area contributed by atoms with E-state index in [1.54, 1.807) is 30.3 Å². The summed E-state index contributed by atoms with van der Waals surface area (Å²) in [6.45, 7) is 2.81. The van der Waals surface area contributed by atoms with E-state index in [9.17, 15) is 8.78 Å². The molecule has 0 aliphatic carbocycles. The lowest BCUT2D eigenvalue weighted by atomic mass is 9.95. The van der Waals surface area contributed by atoms with Crippen molar-refractivity contribution >= 4 is 7.85 Å². The van der Waals surface area contributed by atoms with E-state index in [0.29, 0.717) is 29.9 Å². The zero-order chi connectivity index (χ0) is 26.2. The highest BCUT2D eigenvalue weighted by atomic mass is 19.2. The maximum atomic E-state index is 15.1. The molecule has 1 saturated heterocycles. The number of benzene rings is 3. The topological polar surface area (TPSA) is 27.7 Å². The lowest BCUT2D eigenvalue weighted by Crippen LogP contribution is -2.31. The van der Waals surface area contributed by atoms with Crippen LogP contribution in [0.5, 0.6) is 5.75 Å². The normalized spacial score (nSPS) is 17.6. The Hall–Kier alpha value is -2.77. The lowest BCUT2D eigenvalue weighted by molar-refractivity contribution is -0.190. The van der Waals surface area contributed by atoms with Gasteiger partial charge in [-0.2, -0.15) is 4.39 Å². The molecule has 0 spiro atoms. The molecule has 1 aliphatic heterocycles. The number of hydrogen-bond donors (Lipinski definition) is 0. The molecule has 3 nitrogen and oxygen atoms in total. The molecule has 0 aromatic heterocycles. The number of hydrogen-bond acceptors (Lipinski definition) is 3. The van der Waals surface area contributed by atoms with Gasteiger partial charge >= 0.3 is 0 Å². The van der Waals surface area contributed by atoms with Gasteiger partial charge in [0.1, 0.15) is 13.7 Å². The van der Waals surface area contributed by atoms with Crippen molar-refractivity contribution in [1.82, 2.24) is 0 Å². The molecule has 0 amide bonds. The van der Waals surface area contributed by atoms with E-state index < -0.39 is 11.6 Å². The monoisotopic (exact) mass is 508 g/mol. The molecule has 194 valence electrons. The van der Waals surface area contributed by atoms with Crippen LogP contribution in [-0.4, -0.2) is 33.9 Å². The summed E-state index contributed by atoms with van der Waals surface area (Å²) in [5.41, 5.74) is 2.62. The van der Waals surface area contributed by atoms with Gasteiger partial charge in [0.2, 0.25) is 5.82 Å². The van der Waals surface area contributed by atoms with Crippen LogP contribution in [0.15, 0.2) is 54.6 Å². The molecule has 3 aromatic carbocycles. The van der Waals surface area contributed by atoms with Gasteiger partial charge in [-0.05, 0) is 53.3 Å². The number of halogens is 3. The molecule has 0 atom stereocenters. The first-order valence-corrected chi connectivity index (χ1v) is 13.0. The van der Waals surface area contributed by atoms with Crippen molar-refractivity contribution in [3.05, 3.63) is 77.6 Å². The van der Waals surface area contributed by atoms with Gasteiger partial charge in [-0.25, -0.2) is 8.78 Å². The highest BCUT2D eigenvalue weighted by Crippen LogP contribution is 2.33. The van der Waals surface area contributed by atoms with Crippen LogP contribution in [-0.2, 0) is 9.47 Å². The van der Waals surface area contributed by atoms with Crippen molar-refractivity contribution in [2.75, 3.05) is 19.7 Å². The minimum atomic E-state index is -1.08. The smallest absolute Gasteiger partial charge is 0.201 e. The van der Waals surface area contributed by atoms with Crippen LogP contribution < -0.4 is 4.74 Å². The number of rotatable bonds is 11. The van der Waals surface area contributed by atoms with Crippen LogP contribution in [0.4, 0.5) is 13.2 Å². The summed E-state index contributed by atoms with van der Waals surface area (Å²) in [5.74, 6) is -2.80. The van der Waals surface area contributed by atoms with Gasteiger partial charge in [-0.3, -0.25) is 0 Å². The van der Waals surface area contributed by atoms with Gasteiger partial charge in [0.25, 0.3) is 0 Å². The van der Waals surface area contributed by atoms with Crippen LogP contribution in [0.1, 0.15) is 56.9 Å². The first-order chi connectivity index (χ1) is 18.0. The molecular weight excluding hydrogens is 476 g/mol. The van der Waals surface area contributed by atoms with E-state index in [0.717, 1.165) is 18.4 Å². The molecule has 2 radical (unpaired) electrons. The molecular formula is C30H32BF3O3. The third kappa shape index (κ3) is 6.76. The fourth-order valence-corrected chi connectivity index (χ4v) is 4.64. The summed E-state index contributed by atoms with van der Waals surface area (Å²) in [4.78, 5) is 0. The molecule has 1 fully saturated rings. The molecule has 0 unspecified atom stereocenters. The Morgan fingerprint density at radius 1 is 0.811 bits per heavy atom. The van der Waals surface area contributed by atoms with E-state index in [4.69, 9.17) is 22.1 Å². The predicted molar refractivity (Wildman–Crippen MR) is 140 cm³/mol. The second kappa shape index (κ2) is 13.2. The molecule has 3 aromatic rings. The second-order valence-electron chi connectivity index (χ2n) is 9.36. The summed E-state index contributed by atoms with van der Waals surface area (Å²) >= 11 is 0. The molecule has 0 N–H and O–H groups in total. The average molecular weight is 508 g/mol. The Balaban J connectivity index is 1.38. The zero-order valence-corrected chi connectivity index (χ0v) is 21.2. The summed E-state index contributed by atoms with van der Waals surface area (Å²) in [5, 5.41) is 0. The van der Waals surface area contributed by atoms with Crippen LogP contribution in [0.2, 0.25) is 0 Å². The lowest BCUT2D eigenvalue weighted by Gasteiger charge is -2.30. The van der Waals surface area contributed by atoms with Crippen molar-refractivity contribution in [2.24, 2.45) is 0 Å². The molecule has 0 saturated carbocycles. The maximum absolute atomic E-state index is 15.1. The predicted octanol–water partition coefficient (Wildman–Crippen LogP) is 7.76.